The molecule has 0 atom stereocenters. The number of rotatable bonds is 1. The number of fused-ring (bicyclic) bond motifs is 1. The minimum atomic E-state index is 0.229. The summed E-state index contributed by atoms with van der Waals surface area (Å²) >= 11 is 3.43. The molecular weight excluding hydrogens is 266 g/mol. The molecule has 0 aliphatic heterocycles. The van der Waals surface area contributed by atoms with Crippen LogP contribution in [0.1, 0.15) is 38.4 Å². The van der Waals surface area contributed by atoms with E-state index in [1.807, 2.05) is 6.07 Å². The Morgan fingerprint density at radius 3 is 2.88 bits per heavy atom. The summed E-state index contributed by atoms with van der Waals surface area (Å²) in [7, 11) is 0. The van der Waals surface area contributed by atoms with Gasteiger partial charge in [0.1, 0.15) is 5.82 Å². The fraction of sp³-hybridized carbons (Fsp3) is 0.500. The van der Waals surface area contributed by atoms with E-state index in [1.165, 1.54) is 25.7 Å². The molecule has 2 aromatic rings. The Hall–Kier alpha value is -0.900. The standard InChI is InChI=1S/C12H14BrN3/c1-12(4-2-3-5-12)11-15-9-6-8(13)7-14-10(9)16-11/h6-7H,2-5H2,1H3,(H,14,15,16). The Labute approximate surface area is 103 Å². The van der Waals surface area contributed by atoms with Crippen LogP contribution in [-0.2, 0) is 5.41 Å². The topological polar surface area (TPSA) is 41.6 Å². The van der Waals surface area contributed by atoms with Gasteiger partial charge in [-0.25, -0.2) is 9.97 Å². The second-order valence-corrected chi connectivity index (χ2v) is 5.79. The van der Waals surface area contributed by atoms with Gasteiger partial charge in [0.05, 0.1) is 5.52 Å². The van der Waals surface area contributed by atoms with Crippen molar-refractivity contribution in [2.24, 2.45) is 0 Å². The number of nitrogens with zero attached hydrogens (tertiary/aromatic N) is 2. The van der Waals surface area contributed by atoms with Gasteiger partial charge in [-0.1, -0.05) is 19.8 Å². The van der Waals surface area contributed by atoms with Crippen LogP contribution in [0.25, 0.3) is 11.2 Å². The molecule has 2 heterocycles. The molecule has 1 fully saturated rings. The summed E-state index contributed by atoms with van der Waals surface area (Å²) in [5.74, 6) is 1.10. The number of hydrogen-bond donors (Lipinski definition) is 1. The fourth-order valence-electron chi connectivity index (χ4n) is 2.55. The highest BCUT2D eigenvalue weighted by atomic mass is 79.9. The van der Waals surface area contributed by atoms with Gasteiger partial charge in [-0.2, -0.15) is 0 Å². The number of hydrogen-bond acceptors (Lipinski definition) is 2. The summed E-state index contributed by atoms with van der Waals surface area (Å²) in [5.41, 5.74) is 2.08. The largest absolute Gasteiger partial charge is 0.340 e. The Morgan fingerprint density at radius 2 is 2.12 bits per heavy atom. The molecule has 0 saturated heterocycles. The number of aromatic amines is 1. The maximum absolute atomic E-state index is 4.62. The molecule has 1 aliphatic rings. The van der Waals surface area contributed by atoms with E-state index in [-0.39, 0.29) is 5.41 Å². The van der Waals surface area contributed by atoms with E-state index >= 15 is 0 Å². The lowest BCUT2D eigenvalue weighted by Crippen LogP contribution is -2.18. The zero-order chi connectivity index (χ0) is 11.2. The van der Waals surface area contributed by atoms with Crippen LogP contribution < -0.4 is 0 Å². The molecule has 0 aromatic carbocycles. The zero-order valence-electron chi connectivity index (χ0n) is 9.26. The number of pyridine rings is 1. The third-order valence-corrected chi connectivity index (χ3v) is 4.02. The molecule has 0 spiro atoms. The van der Waals surface area contributed by atoms with Crippen LogP contribution in [0.15, 0.2) is 16.7 Å². The highest BCUT2D eigenvalue weighted by Crippen LogP contribution is 2.39. The quantitative estimate of drug-likeness (QED) is 0.867. The molecule has 0 unspecified atom stereocenters. The van der Waals surface area contributed by atoms with Gasteiger partial charge in [0.2, 0.25) is 0 Å². The molecule has 2 aromatic heterocycles. The van der Waals surface area contributed by atoms with Crippen molar-refractivity contribution in [1.29, 1.82) is 0 Å². The number of nitrogens with one attached hydrogen (secondary N) is 1. The second kappa shape index (κ2) is 3.55. The number of halogens is 1. The zero-order valence-corrected chi connectivity index (χ0v) is 10.8. The smallest absolute Gasteiger partial charge is 0.177 e. The molecular formula is C12H14BrN3. The van der Waals surface area contributed by atoms with Gasteiger partial charge in [-0.3, -0.25) is 0 Å². The molecule has 3 nitrogen and oxygen atoms in total. The Morgan fingerprint density at radius 1 is 1.38 bits per heavy atom. The van der Waals surface area contributed by atoms with Crippen molar-refractivity contribution >= 4 is 27.1 Å². The van der Waals surface area contributed by atoms with Crippen LogP contribution in [0, 0.1) is 0 Å². The summed E-state index contributed by atoms with van der Waals surface area (Å²) in [6, 6.07) is 2.04. The number of imidazole rings is 1. The average molecular weight is 280 g/mol. The molecule has 1 aliphatic carbocycles. The van der Waals surface area contributed by atoms with Crippen LogP contribution in [0.2, 0.25) is 0 Å². The van der Waals surface area contributed by atoms with Gasteiger partial charge in [-0.15, -0.1) is 0 Å². The van der Waals surface area contributed by atoms with E-state index in [9.17, 15) is 0 Å². The Kier molecular flexibility index (Phi) is 2.28. The second-order valence-electron chi connectivity index (χ2n) is 4.88. The summed E-state index contributed by atoms with van der Waals surface area (Å²) < 4.78 is 0.992. The fourth-order valence-corrected chi connectivity index (χ4v) is 2.88. The van der Waals surface area contributed by atoms with E-state index in [0.717, 1.165) is 21.5 Å². The Balaban J connectivity index is 2.11. The Bertz CT molecular complexity index is 526. The minimum Gasteiger partial charge on any atom is -0.340 e. The summed E-state index contributed by atoms with van der Waals surface area (Å²) in [6.07, 6.45) is 6.88. The maximum Gasteiger partial charge on any atom is 0.177 e. The van der Waals surface area contributed by atoms with Crippen molar-refractivity contribution in [1.82, 2.24) is 15.0 Å². The normalized spacial score (nSPS) is 19.4. The van der Waals surface area contributed by atoms with Crippen LogP contribution in [0.5, 0.6) is 0 Å². The minimum absolute atomic E-state index is 0.229. The number of H-pyrrole nitrogens is 1. The van der Waals surface area contributed by atoms with Crippen molar-refractivity contribution in [3.8, 4) is 0 Å². The van der Waals surface area contributed by atoms with Crippen molar-refractivity contribution in [3.05, 3.63) is 22.6 Å². The lowest BCUT2D eigenvalue weighted by Gasteiger charge is -2.19. The van der Waals surface area contributed by atoms with E-state index in [4.69, 9.17) is 0 Å². The monoisotopic (exact) mass is 279 g/mol. The van der Waals surface area contributed by atoms with E-state index in [0.29, 0.717) is 0 Å². The van der Waals surface area contributed by atoms with Crippen LogP contribution in [0.4, 0.5) is 0 Å². The molecule has 16 heavy (non-hydrogen) atoms. The molecule has 3 rings (SSSR count). The van der Waals surface area contributed by atoms with Crippen LogP contribution in [-0.4, -0.2) is 15.0 Å². The van der Waals surface area contributed by atoms with Gasteiger partial charge in [0.15, 0.2) is 5.65 Å². The van der Waals surface area contributed by atoms with Gasteiger partial charge < -0.3 is 4.98 Å². The lowest BCUT2D eigenvalue weighted by molar-refractivity contribution is 0.464. The predicted octanol–water partition coefficient (Wildman–Crippen LogP) is 3.55. The predicted molar refractivity (Wildman–Crippen MR) is 67.4 cm³/mol. The van der Waals surface area contributed by atoms with E-state index in [1.54, 1.807) is 6.20 Å². The molecule has 1 saturated carbocycles. The maximum atomic E-state index is 4.62. The SMILES string of the molecule is CC1(c2nc3ncc(Br)cc3[nH]2)CCCC1. The summed E-state index contributed by atoms with van der Waals surface area (Å²) in [5, 5.41) is 0. The first-order valence-electron chi connectivity index (χ1n) is 5.69. The lowest BCUT2D eigenvalue weighted by atomic mass is 9.88. The first-order chi connectivity index (χ1) is 7.67. The third kappa shape index (κ3) is 1.56. The van der Waals surface area contributed by atoms with Crippen molar-refractivity contribution in [3.63, 3.8) is 0 Å². The molecule has 4 heteroatoms. The molecule has 0 bridgehead atoms. The van der Waals surface area contributed by atoms with Crippen molar-refractivity contribution in [2.45, 2.75) is 38.0 Å². The third-order valence-electron chi connectivity index (χ3n) is 3.58. The molecule has 84 valence electrons. The van der Waals surface area contributed by atoms with Gasteiger partial charge in [-0.05, 0) is 34.8 Å². The van der Waals surface area contributed by atoms with Crippen LogP contribution >= 0.6 is 15.9 Å². The summed E-state index contributed by atoms with van der Waals surface area (Å²) in [6.45, 7) is 2.30. The summed E-state index contributed by atoms with van der Waals surface area (Å²) in [4.78, 5) is 12.3. The van der Waals surface area contributed by atoms with Gasteiger partial charge in [0, 0.05) is 16.1 Å². The highest BCUT2D eigenvalue weighted by molar-refractivity contribution is 9.10. The first-order valence-corrected chi connectivity index (χ1v) is 6.48. The molecule has 0 amide bonds. The van der Waals surface area contributed by atoms with Gasteiger partial charge in [0.25, 0.3) is 0 Å². The first kappa shape index (κ1) is 10.3. The van der Waals surface area contributed by atoms with E-state index < -0.39 is 0 Å². The van der Waals surface area contributed by atoms with Crippen LogP contribution in [0.3, 0.4) is 0 Å². The highest BCUT2D eigenvalue weighted by Gasteiger charge is 2.33. The van der Waals surface area contributed by atoms with Gasteiger partial charge >= 0.3 is 0 Å². The average Bonchev–Trinajstić information content (AvgIpc) is 2.84. The van der Waals surface area contributed by atoms with Crippen molar-refractivity contribution in [2.75, 3.05) is 0 Å². The molecule has 0 radical (unpaired) electrons. The van der Waals surface area contributed by atoms with Crippen molar-refractivity contribution < 1.29 is 0 Å². The van der Waals surface area contributed by atoms with E-state index in [2.05, 4.69) is 37.8 Å². The number of aromatic nitrogens is 3. The molecule has 1 N–H and O–H groups in total.